The van der Waals surface area contributed by atoms with E-state index in [4.69, 9.17) is 11.6 Å². The van der Waals surface area contributed by atoms with Crippen molar-refractivity contribution in [2.45, 2.75) is 6.92 Å². The number of amides is 2. The van der Waals surface area contributed by atoms with Crippen molar-refractivity contribution in [2.24, 2.45) is 5.10 Å². The third-order valence-electron chi connectivity index (χ3n) is 4.72. The molecule has 0 radical (unpaired) electrons. The van der Waals surface area contributed by atoms with E-state index in [1.54, 1.807) is 67.6 Å². The number of hydrogen-bond acceptors (Lipinski definition) is 5. The van der Waals surface area contributed by atoms with Crippen LogP contribution in [0, 0.1) is 0 Å². The van der Waals surface area contributed by atoms with Crippen molar-refractivity contribution in [1.82, 2.24) is 5.43 Å². The van der Waals surface area contributed by atoms with Gasteiger partial charge in [-0.3, -0.25) is 13.9 Å². The molecule has 3 rings (SSSR count). The molecule has 0 aromatic heterocycles. The van der Waals surface area contributed by atoms with Crippen molar-refractivity contribution in [2.75, 3.05) is 22.4 Å². The van der Waals surface area contributed by atoms with Gasteiger partial charge in [-0.2, -0.15) is 5.10 Å². The molecule has 0 saturated carbocycles. The summed E-state index contributed by atoms with van der Waals surface area (Å²) < 4.78 is 25.3. The summed E-state index contributed by atoms with van der Waals surface area (Å²) in [6, 6.07) is 21.9. The van der Waals surface area contributed by atoms with Crippen LogP contribution in [0.1, 0.15) is 22.8 Å². The highest BCUT2D eigenvalue weighted by molar-refractivity contribution is 7.92. The third kappa shape index (κ3) is 6.90. The minimum absolute atomic E-state index is 0.247. The van der Waals surface area contributed by atoms with E-state index in [9.17, 15) is 18.0 Å². The highest BCUT2D eigenvalue weighted by atomic mass is 35.5. The number of hydrazone groups is 1. The van der Waals surface area contributed by atoms with E-state index in [2.05, 4.69) is 15.8 Å². The molecule has 0 bridgehead atoms. The smallest absolute Gasteiger partial charge is 0.260 e. The number of anilines is 2. The summed E-state index contributed by atoms with van der Waals surface area (Å²) in [5, 5.41) is 7.34. The van der Waals surface area contributed by atoms with Crippen molar-refractivity contribution in [3.05, 3.63) is 95.0 Å². The average molecular weight is 499 g/mol. The van der Waals surface area contributed by atoms with Crippen LogP contribution in [0.2, 0.25) is 5.02 Å². The SMILES string of the molecule is C/C(=N/NC(=O)CN(c1ccc(Cl)cc1)S(C)(=O)=O)c1cccc(NC(=O)c2ccccc2)c1. The second-order valence-electron chi connectivity index (χ2n) is 7.38. The molecule has 0 aliphatic rings. The zero-order valence-electron chi connectivity index (χ0n) is 18.5. The highest BCUT2D eigenvalue weighted by Crippen LogP contribution is 2.20. The summed E-state index contributed by atoms with van der Waals surface area (Å²) in [5.74, 6) is -0.864. The summed E-state index contributed by atoms with van der Waals surface area (Å²) in [6.07, 6.45) is 1.01. The summed E-state index contributed by atoms with van der Waals surface area (Å²) >= 11 is 5.86. The lowest BCUT2D eigenvalue weighted by molar-refractivity contribution is -0.119. The first kappa shape index (κ1) is 24.9. The molecule has 3 aromatic carbocycles. The molecule has 10 heteroatoms. The van der Waals surface area contributed by atoms with Crippen LogP contribution in [-0.4, -0.2) is 38.7 Å². The monoisotopic (exact) mass is 498 g/mol. The van der Waals surface area contributed by atoms with Crippen molar-refractivity contribution < 1.29 is 18.0 Å². The fraction of sp³-hybridized carbons (Fsp3) is 0.125. The Labute approximate surface area is 203 Å². The molecule has 2 N–H and O–H groups in total. The van der Waals surface area contributed by atoms with Gasteiger partial charge in [0.2, 0.25) is 10.0 Å². The van der Waals surface area contributed by atoms with Crippen LogP contribution in [0.4, 0.5) is 11.4 Å². The molecule has 0 saturated heterocycles. The van der Waals surface area contributed by atoms with Crippen molar-refractivity contribution in [3.63, 3.8) is 0 Å². The summed E-state index contributed by atoms with van der Waals surface area (Å²) in [5.41, 5.74) is 4.93. The Hall–Kier alpha value is -3.69. The predicted molar refractivity (Wildman–Crippen MR) is 135 cm³/mol. The summed E-state index contributed by atoms with van der Waals surface area (Å²) in [4.78, 5) is 24.8. The summed E-state index contributed by atoms with van der Waals surface area (Å²) in [6.45, 7) is 1.23. The van der Waals surface area contributed by atoms with Gasteiger partial charge >= 0.3 is 0 Å². The Morgan fingerprint density at radius 3 is 2.24 bits per heavy atom. The number of benzene rings is 3. The first-order chi connectivity index (χ1) is 16.1. The normalized spacial score (nSPS) is 11.6. The lowest BCUT2D eigenvalue weighted by Crippen LogP contribution is -2.39. The quantitative estimate of drug-likeness (QED) is 0.362. The molecule has 0 unspecified atom stereocenters. The number of carbonyl (C=O) groups excluding carboxylic acids is 2. The fourth-order valence-corrected chi connectivity index (χ4v) is 3.98. The predicted octanol–water partition coefficient (Wildman–Crippen LogP) is 3.90. The number of hydrogen-bond donors (Lipinski definition) is 2. The van der Waals surface area contributed by atoms with Gasteiger partial charge in [0.25, 0.3) is 11.8 Å². The molecule has 0 heterocycles. The highest BCUT2D eigenvalue weighted by Gasteiger charge is 2.20. The second kappa shape index (κ2) is 11.0. The van der Waals surface area contributed by atoms with E-state index in [0.29, 0.717) is 33.2 Å². The van der Waals surface area contributed by atoms with E-state index in [0.717, 1.165) is 10.6 Å². The van der Waals surface area contributed by atoms with E-state index in [1.807, 2.05) is 6.07 Å². The first-order valence-corrected chi connectivity index (χ1v) is 12.4. The van der Waals surface area contributed by atoms with E-state index in [-0.39, 0.29) is 5.91 Å². The number of nitrogens with one attached hydrogen (secondary N) is 2. The van der Waals surface area contributed by atoms with Gasteiger partial charge in [0.1, 0.15) is 6.54 Å². The molecular formula is C24H23ClN4O4S. The topological polar surface area (TPSA) is 108 Å². The number of rotatable bonds is 8. The van der Waals surface area contributed by atoms with E-state index >= 15 is 0 Å². The third-order valence-corrected chi connectivity index (χ3v) is 6.12. The van der Waals surface area contributed by atoms with Crippen LogP contribution in [0.5, 0.6) is 0 Å². The second-order valence-corrected chi connectivity index (χ2v) is 9.72. The zero-order valence-corrected chi connectivity index (χ0v) is 20.1. The minimum atomic E-state index is -3.72. The molecule has 0 atom stereocenters. The number of nitrogens with zero attached hydrogens (tertiary/aromatic N) is 2. The van der Waals surface area contributed by atoms with Crippen LogP contribution in [0.15, 0.2) is 84.0 Å². The summed E-state index contributed by atoms with van der Waals surface area (Å²) in [7, 11) is -3.72. The molecule has 0 aliphatic heterocycles. The molecule has 8 nitrogen and oxygen atoms in total. The molecule has 0 aliphatic carbocycles. The van der Waals surface area contributed by atoms with Crippen molar-refractivity contribution >= 4 is 50.5 Å². The molecule has 176 valence electrons. The Morgan fingerprint density at radius 2 is 1.59 bits per heavy atom. The lowest BCUT2D eigenvalue weighted by Gasteiger charge is -2.21. The van der Waals surface area contributed by atoms with Gasteiger partial charge in [0, 0.05) is 16.3 Å². The zero-order chi connectivity index (χ0) is 24.7. The lowest BCUT2D eigenvalue weighted by atomic mass is 10.1. The van der Waals surface area contributed by atoms with Crippen LogP contribution < -0.4 is 15.0 Å². The van der Waals surface area contributed by atoms with Gasteiger partial charge in [0.05, 0.1) is 17.7 Å². The van der Waals surface area contributed by atoms with Gasteiger partial charge in [-0.1, -0.05) is 41.9 Å². The van der Waals surface area contributed by atoms with Crippen LogP contribution in [-0.2, 0) is 14.8 Å². The van der Waals surface area contributed by atoms with Crippen LogP contribution in [0.25, 0.3) is 0 Å². The molecular weight excluding hydrogens is 476 g/mol. The maximum Gasteiger partial charge on any atom is 0.260 e. The van der Waals surface area contributed by atoms with Gasteiger partial charge in [-0.15, -0.1) is 0 Å². The maximum absolute atomic E-state index is 12.4. The van der Waals surface area contributed by atoms with Gasteiger partial charge in [-0.25, -0.2) is 13.8 Å². The fourth-order valence-electron chi connectivity index (χ4n) is 3.00. The van der Waals surface area contributed by atoms with E-state index in [1.165, 1.54) is 12.1 Å². The molecule has 2 amide bonds. The molecule has 0 fully saturated rings. The van der Waals surface area contributed by atoms with Crippen LogP contribution >= 0.6 is 11.6 Å². The van der Waals surface area contributed by atoms with Gasteiger partial charge < -0.3 is 5.32 Å². The minimum Gasteiger partial charge on any atom is -0.322 e. The van der Waals surface area contributed by atoms with Crippen LogP contribution in [0.3, 0.4) is 0 Å². The average Bonchev–Trinajstić information content (AvgIpc) is 2.81. The Morgan fingerprint density at radius 1 is 0.941 bits per heavy atom. The molecule has 0 spiro atoms. The first-order valence-electron chi connectivity index (χ1n) is 10.2. The maximum atomic E-state index is 12.4. The van der Waals surface area contributed by atoms with E-state index < -0.39 is 22.5 Å². The van der Waals surface area contributed by atoms with Gasteiger partial charge in [-0.05, 0) is 61.0 Å². The Bertz CT molecular complexity index is 1310. The van der Waals surface area contributed by atoms with Crippen molar-refractivity contribution in [3.8, 4) is 0 Å². The largest absolute Gasteiger partial charge is 0.322 e. The Balaban J connectivity index is 1.68. The number of carbonyl (C=O) groups is 2. The van der Waals surface area contributed by atoms with Crippen molar-refractivity contribution in [1.29, 1.82) is 0 Å². The molecule has 34 heavy (non-hydrogen) atoms. The molecule has 3 aromatic rings. The van der Waals surface area contributed by atoms with Gasteiger partial charge in [0.15, 0.2) is 0 Å². The Kier molecular flexibility index (Phi) is 8.04. The number of halogens is 1. The standard InChI is InChI=1S/C24H23ClN4O4S/c1-17(19-9-6-10-21(15-19)26-24(31)18-7-4-3-5-8-18)27-28-23(30)16-29(34(2,32)33)22-13-11-20(25)12-14-22/h3-15H,16H2,1-2H3,(H,26,31)(H,28,30)/b27-17-. The number of sulfonamides is 1.